The number of hydrogen-bond acceptors (Lipinski definition) is 4. The average molecular weight is 373 g/mol. The molecule has 0 spiro atoms. The standard InChI is InChI=1S/C13H17BrN4O2S/c1-15-8-10-3-4-12(14)13(7-10)21(19,20)16-9-11-5-6-18(2)17-11/h3-7,15-16H,8-9H2,1-2H3. The van der Waals surface area contributed by atoms with Crippen LogP contribution in [0, 0.1) is 0 Å². The first-order valence-electron chi connectivity index (χ1n) is 6.33. The van der Waals surface area contributed by atoms with Gasteiger partial charge in [-0.2, -0.15) is 5.10 Å². The van der Waals surface area contributed by atoms with Crippen molar-refractivity contribution >= 4 is 26.0 Å². The fourth-order valence-corrected chi connectivity index (χ4v) is 3.88. The second-order valence-corrected chi connectivity index (χ2v) is 7.19. The first-order valence-corrected chi connectivity index (χ1v) is 8.61. The molecule has 0 aliphatic rings. The maximum atomic E-state index is 12.4. The third-order valence-corrected chi connectivity index (χ3v) is 5.27. The highest BCUT2D eigenvalue weighted by atomic mass is 79.9. The van der Waals surface area contributed by atoms with E-state index in [1.54, 1.807) is 36.1 Å². The molecule has 2 N–H and O–H groups in total. The van der Waals surface area contributed by atoms with Crippen LogP contribution in [-0.2, 0) is 30.2 Å². The molecule has 1 aromatic carbocycles. The molecule has 0 bridgehead atoms. The Hall–Kier alpha value is -1.22. The Bertz CT molecular complexity index is 728. The highest BCUT2D eigenvalue weighted by molar-refractivity contribution is 9.10. The Morgan fingerprint density at radius 2 is 2.05 bits per heavy atom. The zero-order valence-corrected chi connectivity index (χ0v) is 14.2. The largest absolute Gasteiger partial charge is 0.316 e. The first-order chi connectivity index (χ1) is 9.92. The number of nitrogens with zero attached hydrogens (tertiary/aromatic N) is 2. The molecular weight excluding hydrogens is 356 g/mol. The lowest BCUT2D eigenvalue weighted by Gasteiger charge is -2.09. The predicted octanol–water partition coefficient (Wildman–Crippen LogP) is 1.38. The van der Waals surface area contributed by atoms with Crippen molar-refractivity contribution in [2.45, 2.75) is 18.0 Å². The van der Waals surface area contributed by atoms with Crippen LogP contribution >= 0.6 is 15.9 Å². The zero-order valence-electron chi connectivity index (χ0n) is 11.8. The summed E-state index contributed by atoms with van der Waals surface area (Å²) in [6.45, 7) is 0.766. The van der Waals surface area contributed by atoms with Gasteiger partial charge in [0.05, 0.1) is 17.1 Å². The van der Waals surface area contributed by atoms with E-state index in [2.05, 4.69) is 31.1 Å². The lowest BCUT2D eigenvalue weighted by molar-refractivity contribution is 0.578. The second-order valence-electron chi connectivity index (χ2n) is 4.60. The predicted molar refractivity (Wildman–Crippen MR) is 84.1 cm³/mol. The Morgan fingerprint density at radius 3 is 2.67 bits per heavy atom. The molecule has 0 aliphatic carbocycles. The molecule has 0 amide bonds. The molecule has 0 saturated carbocycles. The third-order valence-electron chi connectivity index (χ3n) is 2.88. The Balaban J connectivity index is 2.20. The van der Waals surface area contributed by atoms with E-state index in [4.69, 9.17) is 0 Å². The van der Waals surface area contributed by atoms with Crippen LogP contribution in [0.25, 0.3) is 0 Å². The lowest BCUT2D eigenvalue weighted by atomic mass is 10.2. The molecule has 0 saturated heterocycles. The van der Waals surface area contributed by atoms with Gasteiger partial charge < -0.3 is 5.32 Å². The monoisotopic (exact) mass is 372 g/mol. The van der Waals surface area contributed by atoms with Crippen molar-refractivity contribution in [1.29, 1.82) is 0 Å². The van der Waals surface area contributed by atoms with Gasteiger partial charge in [0.2, 0.25) is 10.0 Å². The fourth-order valence-electron chi connectivity index (χ4n) is 1.87. The Labute approximate surface area is 132 Å². The third kappa shape index (κ3) is 4.13. The molecule has 0 atom stereocenters. The number of sulfonamides is 1. The number of hydrogen-bond donors (Lipinski definition) is 2. The lowest BCUT2D eigenvalue weighted by Crippen LogP contribution is -2.24. The number of aryl methyl sites for hydroxylation is 1. The van der Waals surface area contributed by atoms with E-state index in [-0.39, 0.29) is 11.4 Å². The van der Waals surface area contributed by atoms with Gasteiger partial charge in [-0.3, -0.25) is 4.68 Å². The summed E-state index contributed by atoms with van der Waals surface area (Å²) in [7, 11) is 0.00792. The highest BCUT2D eigenvalue weighted by Crippen LogP contribution is 2.23. The van der Waals surface area contributed by atoms with E-state index < -0.39 is 10.0 Å². The average Bonchev–Trinajstić information content (AvgIpc) is 2.85. The van der Waals surface area contributed by atoms with E-state index in [1.807, 2.05) is 13.1 Å². The van der Waals surface area contributed by atoms with Crippen molar-refractivity contribution in [2.75, 3.05) is 7.05 Å². The van der Waals surface area contributed by atoms with Crippen LogP contribution in [0.4, 0.5) is 0 Å². The van der Waals surface area contributed by atoms with Crippen molar-refractivity contribution in [3.63, 3.8) is 0 Å². The number of halogens is 1. The summed E-state index contributed by atoms with van der Waals surface area (Å²) in [5.41, 5.74) is 1.57. The van der Waals surface area contributed by atoms with Crippen molar-refractivity contribution in [3.8, 4) is 0 Å². The molecule has 2 rings (SSSR count). The van der Waals surface area contributed by atoms with E-state index in [9.17, 15) is 8.42 Å². The van der Waals surface area contributed by atoms with Gasteiger partial charge in [-0.1, -0.05) is 6.07 Å². The quantitative estimate of drug-likeness (QED) is 0.802. The summed E-state index contributed by atoms with van der Waals surface area (Å²) in [5, 5.41) is 7.14. The zero-order chi connectivity index (χ0) is 15.5. The molecule has 2 aromatic rings. The molecule has 8 heteroatoms. The molecule has 0 radical (unpaired) electrons. The van der Waals surface area contributed by atoms with E-state index in [1.165, 1.54) is 0 Å². The number of rotatable bonds is 6. The van der Waals surface area contributed by atoms with Gasteiger partial charge in [-0.05, 0) is 46.7 Å². The minimum Gasteiger partial charge on any atom is -0.316 e. The Kier molecular flexibility index (Phi) is 5.15. The first kappa shape index (κ1) is 16.2. The van der Waals surface area contributed by atoms with Crippen LogP contribution in [0.5, 0.6) is 0 Å². The van der Waals surface area contributed by atoms with Gasteiger partial charge in [0.15, 0.2) is 0 Å². The van der Waals surface area contributed by atoms with Crippen molar-refractivity contribution in [3.05, 3.63) is 46.2 Å². The topological polar surface area (TPSA) is 76.0 Å². The maximum Gasteiger partial charge on any atom is 0.242 e. The minimum atomic E-state index is -3.59. The molecule has 1 heterocycles. The molecule has 0 fully saturated rings. The van der Waals surface area contributed by atoms with Crippen LogP contribution in [0.3, 0.4) is 0 Å². The summed E-state index contributed by atoms with van der Waals surface area (Å²) >= 11 is 3.29. The number of aromatic nitrogens is 2. The summed E-state index contributed by atoms with van der Waals surface area (Å²) in [6, 6.07) is 7.04. The van der Waals surface area contributed by atoms with Gasteiger partial charge in [0.25, 0.3) is 0 Å². The highest BCUT2D eigenvalue weighted by Gasteiger charge is 2.18. The van der Waals surface area contributed by atoms with E-state index >= 15 is 0 Å². The van der Waals surface area contributed by atoms with Crippen LogP contribution in [0.1, 0.15) is 11.3 Å². The van der Waals surface area contributed by atoms with Gasteiger partial charge in [0.1, 0.15) is 0 Å². The van der Waals surface area contributed by atoms with Crippen LogP contribution in [-0.4, -0.2) is 25.2 Å². The van der Waals surface area contributed by atoms with Gasteiger partial charge >= 0.3 is 0 Å². The van der Waals surface area contributed by atoms with E-state index in [0.29, 0.717) is 16.7 Å². The van der Waals surface area contributed by atoms with E-state index in [0.717, 1.165) is 5.56 Å². The van der Waals surface area contributed by atoms with Crippen LogP contribution in [0.15, 0.2) is 39.8 Å². The van der Waals surface area contributed by atoms with Crippen LogP contribution in [0.2, 0.25) is 0 Å². The molecule has 114 valence electrons. The van der Waals surface area contributed by atoms with Gasteiger partial charge in [0, 0.05) is 24.3 Å². The summed E-state index contributed by atoms with van der Waals surface area (Å²) in [5.74, 6) is 0. The summed E-state index contributed by atoms with van der Waals surface area (Å²) < 4.78 is 29.5. The maximum absolute atomic E-state index is 12.4. The SMILES string of the molecule is CNCc1ccc(Br)c(S(=O)(=O)NCc2ccn(C)n2)c1. The molecular formula is C13H17BrN4O2S. The van der Waals surface area contributed by atoms with Crippen molar-refractivity contribution < 1.29 is 8.42 Å². The normalized spacial score (nSPS) is 11.8. The van der Waals surface area contributed by atoms with Crippen molar-refractivity contribution in [1.82, 2.24) is 19.8 Å². The molecule has 6 nitrogen and oxygen atoms in total. The number of nitrogens with one attached hydrogen (secondary N) is 2. The molecule has 1 aromatic heterocycles. The van der Waals surface area contributed by atoms with Crippen LogP contribution < -0.4 is 10.0 Å². The van der Waals surface area contributed by atoms with Crippen molar-refractivity contribution in [2.24, 2.45) is 7.05 Å². The second kappa shape index (κ2) is 6.69. The van der Waals surface area contributed by atoms with Gasteiger partial charge in [-0.25, -0.2) is 13.1 Å². The fraction of sp³-hybridized carbons (Fsp3) is 0.308. The molecule has 0 unspecified atom stereocenters. The van der Waals surface area contributed by atoms with Gasteiger partial charge in [-0.15, -0.1) is 0 Å². The molecule has 0 aliphatic heterocycles. The summed E-state index contributed by atoms with van der Waals surface area (Å²) in [6.07, 6.45) is 1.77. The minimum absolute atomic E-state index is 0.159. The molecule has 21 heavy (non-hydrogen) atoms. The smallest absolute Gasteiger partial charge is 0.242 e. The number of benzene rings is 1. The summed E-state index contributed by atoms with van der Waals surface area (Å²) in [4.78, 5) is 0.228. The Morgan fingerprint density at radius 1 is 1.29 bits per heavy atom.